The van der Waals surface area contributed by atoms with E-state index in [0.717, 1.165) is 62.5 Å². The fourth-order valence-electron chi connectivity index (χ4n) is 18.9. The molecule has 0 bridgehead atoms. The van der Waals surface area contributed by atoms with Gasteiger partial charge in [0.15, 0.2) is 0 Å². The Morgan fingerprint density at radius 1 is 0.378 bits per heavy atom. The van der Waals surface area contributed by atoms with Crippen molar-refractivity contribution in [1.29, 1.82) is 10.5 Å². The maximum absolute atomic E-state index is 11.9. The first-order valence-corrected chi connectivity index (χ1v) is 29.0. The first kappa shape index (κ1) is 43.7. The predicted molar refractivity (Wildman–Crippen MR) is 302 cm³/mol. The lowest BCUT2D eigenvalue weighted by molar-refractivity contribution is 0.287. The summed E-state index contributed by atoms with van der Waals surface area (Å²) < 4.78 is 2.62. The van der Waals surface area contributed by atoms with Crippen molar-refractivity contribution in [2.24, 2.45) is 0 Å². The van der Waals surface area contributed by atoms with Crippen LogP contribution in [0.25, 0.3) is 60.3 Å². The van der Waals surface area contributed by atoms with Crippen LogP contribution in [0.4, 0.5) is 0 Å². The topological polar surface area (TPSA) is 52.0 Å². The third kappa shape index (κ3) is 5.23. The van der Waals surface area contributed by atoms with Gasteiger partial charge in [-0.15, -0.1) is 0 Å². The van der Waals surface area contributed by atoms with Gasteiger partial charge in [-0.2, -0.15) is 10.5 Å². The average Bonchev–Trinajstić information content (AvgIpc) is 4.05. The van der Waals surface area contributed by atoms with Crippen LogP contribution in [0.15, 0.2) is 115 Å². The molecule has 0 amide bonds. The summed E-state index contributed by atoms with van der Waals surface area (Å²) in [4.78, 5) is 0. The highest BCUT2D eigenvalue weighted by Gasteiger charge is 2.56. The maximum atomic E-state index is 11.9. The number of benzene rings is 7. The van der Waals surface area contributed by atoms with Gasteiger partial charge < -0.3 is 4.40 Å². The summed E-state index contributed by atoms with van der Waals surface area (Å²) in [5, 5.41) is 29.1. The fourth-order valence-corrected chi connectivity index (χ4v) is 18.9. The Bertz CT molecular complexity index is 3780. The lowest BCUT2D eigenvalue weighted by atomic mass is 9.50. The normalized spacial score (nSPS) is 21.1. The van der Waals surface area contributed by atoms with E-state index in [0.29, 0.717) is 0 Å². The van der Waals surface area contributed by atoms with Crippen LogP contribution >= 0.6 is 0 Å². The largest absolute Gasteiger partial charge is 0.308 e. The van der Waals surface area contributed by atoms with Crippen molar-refractivity contribution in [2.75, 3.05) is 0 Å². The van der Waals surface area contributed by atoms with Crippen molar-refractivity contribution in [2.45, 2.75) is 169 Å². The summed E-state index contributed by atoms with van der Waals surface area (Å²) in [6.45, 7) is 4.83. The molecule has 7 aromatic carbocycles. The summed E-state index contributed by atoms with van der Waals surface area (Å²) in [6.07, 6.45) is 23.2. The molecule has 0 aliphatic heterocycles. The standard InChI is InChI=1S/C71H65N3/c1-67(2)52-22-8-7-21-48(52)49-28-27-44(39-57(49)67)45-37-50-60-58(40-46(42-72)62-64(60)70(33-17-5-18-34-70)55-25-11-9-23-53(55)68(62)29-13-3-14-30-68)74-59-41-47(43-73)63-65(61(59)51(38-45)66(50)74)71(35-19-6-20-36-71)56-26-12-10-24-54(56)69(63)31-15-4-16-32-69/h7-12,21-28,37-41H,3-6,13-20,29-36H2,1-2H3. The molecule has 0 unspecified atom stereocenters. The molecule has 2 heterocycles. The second-order valence-corrected chi connectivity index (χ2v) is 25.2. The molecule has 0 saturated heterocycles. The zero-order valence-corrected chi connectivity index (χ0v) is 43.5. The smallest absolute Gasteiger partial charge is 0.0995 e. The molecule has 16 rings (SSSR count). The van der Waals surface area contributed by atoms with Crippen molar-refractivity contribution in [1.82, 2.24) is 4.40 Å². The number of aromatic nitrogens is 1. The minimum atomic E-state index is -0.203. The Morgan fingerprint density at radius 2 is 0.757 bits per heavy atom. The highest BCUT2D eigenvalue weighted by atomic mass is 14.9. The fraction of sp³-hybridized carbons (Fsp3) is 0.380. The molecule has 364 valence electrons. The molecule has 9 aromatic rings. The van der Waals surface area contributed by atoms with E-state index in [1.54, 1.807) is 0 Å². The quantitative estimate of drug-likeness (QED) is 0.165. The van der Waals surface area contributed by atoms with Crippen LogP contribution in [-0.2, 0) is 27.1 Å². The number of nitrogens with zero attached hydrogens (tertiary/aromatic N) is 3. The summed E-state index contributed by atoms with van der Waals surface area (Å²) >= 11 is 0. The van der Waals surface area contributed by atoms with Gasteiger partial charge in [0, 0.05) is 48.6 Å². The van der Waals surface area contributed by atoms with Crippen LogP contribution in [0.1, 0.15) is 209 Å². The van der Waals surface area contributed by atoms with Crippen molar-refractivity contribution >= 4 is 38.1 Å². The average molecular weight is 960 g/mol. The summed E-state index contributed by atoms with van der Waals surface area (Å²) in [6, 6.07) is 51.5. The number of rotatable bonds is 1. The second-order valence-electron chi connectivity index (χ2n) is 25.2. The van der Waals surface area contributed by atoms with Crippen molar-refractivity contribution in [3.05, 3.63) is 182 Å². The molecule has 4 spiro atoms. The van der Waals surface area contributed by atoms with E-state index >= 15 is 0 Å². The second kappa shape index (κ2) is 15.2. The Labute approximate surface area is 436 Å². The van der Waals surface area contributed by atoms with Gasteiger partial charge in [-0.3, -0.25) is 0 Å². The van der Waals surface area contributed by atoms with E-state index in [9.17, 15) is 10.5 Å². The Kier molecular flexibility index (Phi) is 8.99. The van der Waals surface area contributed by atoms with Crippen LogP contribution in [0, 0.1) is 22.7 Å². The molecule has 0 radical (unpaired) electrons. The molecule has 4 saturated carbocycles. The van der Waals surface area contributed by atoms with E-state index < -0.39 is 0 Å². The van der Waals surface area contributed by atoms with Crippen LogP contribution in [0.2, 0.25) is 0 Å². The predicted octanol–water partition coefficient (Wildman–Crippen LogP) is 18.2. The number of hydrogen-bond donors (Lipinski definition) is 0. The minimum Gasteiger partial charge on any atom is -0.308 e. The molecule has 0 N–H and O–H groups in total. The third-order valence-electron chi connectivity index (χ3n) is 21.8. The SMILES string of the molecule is CC1(C)c2ccccc2-c2ccc(-c3cc4c5c6c(c(C#N)cc5n5c7cc(C#N)c8c(c7c(c3)c45)C3(CCCCC3)c3ccccc3C83CCCCC3)C3(CCCCC3)c3ccccc3C63CCCCC3)cc21. The molecule has 4 fully saturated rings. The van der Waals surface area contributed by atoms with Gasteiger partial charge in [0.1, 0.15) is 0 Å². The summed E-state index contributed by atoms with van der Waals surface area (Å²) in [7, 11) is 0. The first-order chi connectivity index (χ1) is 36.3. The molecule has 3 heteroatoms. The van der Waals surface area contributed by atoms with Gasteiger partial charge in [-0.1, -0.05) is 176 Å². The van der Waals surface area contributed by atoms with Gasteiger partial charge >= 0.3 is 0 Å². The number of hydrogen-bond acceptors (Lipinski definition) is 2. The van der Waals surface area contributed by atoms with Crippen molar-refractivity contribution in [3.63, 3.8) is 0 Å². The molecule has 0 atom stereocenters. The van der Waals surface area contributed by atoms with Crippen LogP contribution < -0.4 is 0 Å². The maximum Gasteiger partial charge on any atom is 0.0995 e. The van der Waals surface area contributed by atoms with Crippen molar-refractivity contribution < 1.29 is 0 Å². The lowest BCUT2D eigenvalue weighted by Crippen LogP contribution is -2.45. The Morgan fingerprint density at radius 3 is 1.18 bits per heavy atom. The van der Waals surface area contributed by atoms with Gasteiger partial charge in [0.25, 0.3) is 0 Å². The van der Waals surface area contributed by atoms with Gasteiger partial charge in [0.05, 0.1) is 39.8 Å². The summed E-state index contributed by atoms with van der Waals surface area (Å²) in [5.41, 5.74) is 24.3. The van der Waals surface area contributed by atoms with Crippen LogP contribution in [-0.4, -0.2) is 4.40 Å². The molecular formula is C71H65N3. The zero-order chi connectivity index (χ0) is 49.3. The third-order valence-corrected chi connectivity index (χ3v) is 21.8. The van der Waals surface area contributed by atoms with E-state index in [1.165, 1.54) is 193 Å². The molecule has 7 aliphatic rings. The number of fused-ring (bicyclic) bond motifs is 23. The monoisotopic (exact) mass is 960 g/mol. The highest BCUT2D eigenvalue weighted by molar-refractivity contribution is 6.27. The van der Waals surface area contributed by atoms with Crippen LogP contribution in [0.5, 0.6) is 0 Å². The minimum absolute atomic E-state index is 0.130. The highest BCUT2D eigenvalue weighted by Crippen LogP contribution is 2.66. The zero-order valence-electron chi connectivity index (χ0n) is 43.5. The van der Waals surface area contributed by atoms with E-state index in [2.05, 4.69) is 146 Å². The van der Waals surface area contributed by atoms with E-state index in [1.807, 2.05) is 0 Å². The van der Waals surface area contributed by atoms with Gasteiger partial charge in [-0.05, 0) is 160 Å². The lowest BCUT2D eigenvalue weighted by Gasteiger charge is -2.53. The van der Waals surface area contributed by atoms with Crippen LogP contribution in [0.3, 0.4) is 0 Å². The van der Waals surface area contributed by atoms with Crippen molar-refractivity contribution in [3.8, 4) is 34.4 Å². The molecule has 7 aliphatic carbocycles. The molecule has 74 heavy (non-hydrogen) atoms. The van der Waals surface area contributed by atoms with E-state index in [4.69, 9.17) is 0 Å². The van der Waals surface area contributed by atoms with E-state index in [-0.39, 0.29) is 27.1 Å². The Hall–Kier alpha value is -6.68. The van der Waals surface area contributed by atoms with Gasteiger partial charge in [0.2, 0.25) is 0 Å². The van der Waals surface area contributed by atoms with Gasteiger partial charge in [-0.25, -0.2) is 0 Å². The molecule has 3 nitrogen and oxygen atoms in total. The summed E-state index contributed by atoms with van der Waals surface area (Å²) in [5.74, 6) is 0. The first-order valence-electron chi connectivity index (χ1n) is 29.0. The molecular weight excluding hydrogens is 895 g/mol. The number of nitriles is 2. The molecule has 2 aromatic heterocycles. The Balaban J connectivity index is 1.11.